The lowest BCUT2D eigenvalue weighted by Crippen LogP contribution is -2.52. The van der Waals surface area contributed by atoms with Gasteiger partial charge in [0, 0.05) is 35.1 Å². The summed E-state index contributed by atoms with van der Waals surface area (Å²) in [5.74, 6) is -2.80. The number of aromatic hydroxyl groups is 2. The first-order valence-electron chi connectivity index (χ1n) is 12.2. The van der Waals surface area contributed by atoms with Crippen LogP contribution in [-0.4, -0.2) is 64.3 Å². The highest BCUT2D eigenvalue weighted by Crippen LogP contribution is 2.51. The molecule has 0 amide bonds. The number of aliphatic hydroxyl groups is 1. The third-order valence-electron chi connectivity index (χ3n) is 7.67. The predicted molar refractivity (Wildman–Crippen MR) is 129 cm³/mol. The molecule has 2 aromatic rings. The number of hydrogen-bond donors (Lipinski definition) is 4. The standard InChI is InChI=1S/C27H29NO9/c1-10(29)12-7-14-20(17(8-12)37-18-9-15(28)23(30)11(2)36-18)27(34)22-21(25(14)32)24(31)13-5-4-6-16(35-3)19(13)26(22)33/h4-6,11-12,15,17-18,23,30,32,34H,7-9,28H2,1-3H3/t11-,12+,15-,17?,18-,23+/m0/s1. The van der Waals surface area contributed by atoms with Crippen LogP contribution in [0, 0.1) is 5.92 Å². The Morgan fingerprint density at radius 3 is 2.43 bits per heavy atom. The number of phenols is 2. The zero-order chi connectivity index (χ0) is 26.8. The van der Waals surface area contributed by atoms with Crippen LogP contribution in [0.4, 0.5) is 0 Å². The van der Waals surface area contributed by atoms with Gasteiger partial charge in [-0.3, -0.25) is 14.4 Å². The lowest BCUT2D eigenvalue weighted by molar-refractivity contribution is -0.243. The molecule has 5 N–H and O–H groups in total. The molecule has 1 heterocycles. The minimum Gasteiger partial charge on any atom is -0.507 e. The summed E-state index contributed by atoms with van der Waals surface area (Å²) in [7, 11) is 1.37. The fourth-order valence-electron chi connectivity index (χ4n) is 5.67. The summed E-state index contributed by atoms with van der Waals surface area (Å²) in [6.07, 6.45) is -2.95. The van der Waals surface area contributed by atoms with Crippen molar-refractivity contribution in [2.45, 2.75) is 63.8 Å². The van der Waals surface area contributed by atoms with Crippen molar-refractivity contribution in [1.29, 1.82) is 0 Å². The third-order valence-corrected chi connectivity index (χ3v) is 7.67. The van der Waals surface area contributed by atoms with Gasteiger partial charge in [-0.1, -0.05) is 12.1 Å². The highest BCUT2D eigenvalue weighted by Gasteiger charge is 2.44. The number of ether oxygens (including phenoxy) is 3. The van der Waals surface area contributed by atoms with Gasteiger partial charge in [-0.05, 0) is 32.8 Å². The van der Waals surface area contributed by atoms with Crippen LogP contribution in [-0.2, 0) is 20.7 Å². The molecule has 1 unspecified atom stereocenters. The van der Waals surface area contributed by atoms with Crippen LogP contribution in [0.3, 0.4) is 0 Å². The maximum atomic E-state index is 13.6. The number of methoxy groups -OCH3 is 1. The topological polar surface area (TPSA) is 166 Å². The molecule has 3 aliphatic rings. The van der Waals surface area contributed by atoms with E-state index in [0.717, 1.165) is 0 Å². The zero-order valence-corrected chi connectivity index (χ0v) is 20.7. The fraction of sp³-hybridized carbons (Fsp3) is 0.444. The molecule has 0 bridgehead atoms. The largest absolute Gasteiger partial charge is 0.507 e. The number of nitrogens with two attached hydrogens (primary N) is 1. The number of ketones is 3. The van der Waals surface area contributed by atoms with E-state index >= 15 is 0 Å². The van der Waals surface area contributed by atoms with Crippen LogP contribution in [0.5, 0.6) is 17.2 Å². The summed E-state index contributed by atoms with van der Waals surface area (Å²) in [5.41, 5.74) is 5.75. The minimum absolute atomic E-state index is 0.00330. The van der Waals surface area contributed by atoms with Crippen molar-refractivity contribution in [2.75, 3.05) is 7.11 Å². The van der Waals surface area contributed by atoms with Gasteiger partial charge in [-0.25, -0.2) is 0 Å². The first kappa shape index (κ1) is 25.3. The molecule has 6 atom stereocenters. The van der Waals surface area contributed by atoms with E-state index in [2.05, 4.69) is 0 Å². The Labute approximate surface area is 212 Å². The Bertz CT molecular complexity index is 1310. The summed E-state index contributed by atoms with van der Waals surface area (Å²) in [6, 6.07) is 3.94. The second-order valence-corrected chi connectivity index (χ2v) is 9.91. The number of Topliss-reactive ketones (excluding diaryl/α,β-unsaturated/α-hetero) is 1. The van der Waals surface area contributed by atoms with Gasteiger partial charge in [-0.2, -0.15) is 0 Å². The summed E-state index contributed by atoms with van der Waals surface area (Å²) in [5, 5.41) is 32.9. The number of hydrogen-bond acceptors (Lipinski definition) is 10. The average Bonchev–Trinajstić information content (AvgIpc) is 2.86. The highest BCUT2D eigenvalue weighted by molar-refractivity contribution is 6.31. The van der Waals surface area contributed by atoms with Crippen molar-refractivity contribution < 1.29 is 43.9 Å². The van der Waals surface area contributed by atoms with Crippen LogP contribution < -0.4 is 10.5 Å². The number of carbonyl (C=O) groups is 3. The molecule has 10 heteroatoms. The SMILES string of the molecule is COc1cccc2c1C(=O)c1c(O)c3c(c(O)c1C2=O)C[C@@H](C(C)=O)CC3O[C@H]1C[C@H](N)[C@H](O)[C@H](C)O1. The molecular formula is C27H29NO9. The molecule has 37 heavy (non-hydrogen) atoms. The van der Waals surface area contributed by atoms with Gasteiger partial charge in [0.15, 0.2) is 12.1 Å². The molecule has 196 valence electrons. The Balaban J connectivity index is 1.65. The quantitative estimate of drug-likeness (QED) is 0.380. The van der Waals surface area contributed by atoms with Crippen molar-refractivity contribution in [2.24, 2.45) is 11.7 Å². The molecular weight excluding hydrogens is 482 g/mol. The van der Waals surface area contributed by atoms with E-state index in [1.165, 1.54) is 26.2 Å². The smallest absolute Gasteiger partial charge is 0.202 e. The third kappa shape index (κ3) is 3.91. The van der Waals surface area contributed by atoms with E-state index in [1.54, 1.807) is 13.0 Å². The van der Waals surface area contributed by atoms with Crippen LogP contribution >= 0.6 is 0 Å². The van der Waals surface area contributed by atoms with Crippen molar-refractivity contribution >= 4 is 17.3 Å². The lowest BCUT2D eigenvalue weighted by atomic mass is 9.74. The number of aliphatic hydroxyl groups excluding tert-OH is 1. The number of rotatable bonds is 4. The molecule has 0 radical (unpaired) electrons. The number of fused-ring (bicyclic) bond motifs is 3. The maximum absolute atomic E-state index is 13.6. The highest BCUT2D eigenvalue weighted by atomic mass is 16.7. The van der Waals surface area contributed by atoms with Gasteiger partial charge < -0.3 is 35.3 Å². The predicted octanol–water partition coefficient (Wildman–Crippen LogP) is 1.91. The van der Waals surface area contributed by atoms with Crippen LogP contribution in [0.1, 0.15) is 75.8 Å². The van der Waals surface area contributed by atoms with Gasteiger partial charge >= 0.3 is 0 Å². The molecule has 0 saturated carbocycles. The average molecular weight is 512 g/mol. The normalized spacial score (nSPS) is 28.8. The van der Waals surface area contributed by atoms with Crippen molar-refractivity contribution in [3.63, 3.8) is 0 Å². The van der Waals surface area contributed by atoms with Gasteiger partial charge in [0.05, 0.1) is 42.1 Å². The maximum Gasteiger partial charge on any atom is 0.202 e. The van der Waals surface area contributed by atoms with E-state index in [9.17, 15) is 29.7 Å². The molecule has 1 saturated heterocycles. The number of benzene rings is 2. The summed E-state index contributed by atoms with van der Waals surface area (Å²) >= 11 is 0. The Kier molecular flexibility index (Phi) is 6.31. The van der Waals surface area contributed by atoms with Crippen molar-refractivity contribution in [3.8, 4) is 17.2 Å². The summed E-state index contributed by atoms with van der Waals surface area (Å²) in [6.45, 7) is 3.08. The molecule has 5 rings (SSSR count). The van der Waals surface area contributed by atoms with Crippen molar-refractivity contribution in [1.82, 2.24) is 0 Å². The summed E-state index contributed by atoms with van der Waals surface area (Å²) in [4.78, 5) is 39.5. The van der Waals surface area contributed by atoms with Crippen LogP contribution in [0.15, 0.2) is 18.2 Å². The van der Waals surface area contributed by atoms with Gasteiger partial charge in [0.1, 0.15) is 23.0 Å². The zero-order valence-electron chi connectivity index (χ0n) is 20.7. The Hall–Kier alpha value is -3.31. The number of phenolic OH excluding ortho intramolecular Hbond substituents is 2. The van der Waals surface area contributed by atoms with Gasteiger partial charge in [-0.15, -0.1) is 0 Å². The van der Waals surface area contributed by atoms with E-state index in [0.29, 0.717) is 0 Å². The summed E-state index contributed by atoms with van der Waals surface area (Å²) < 4.78 is 17.2. The van der Waals surface area contributed by atoms with Crippen LogP contribution in [0.2, 0.25) is 0 Å². The number of carbonyl (C=O) groups excluding carboxylic acids is 3. The molecule has 1 fully saturated rings. The van der Waals surface area contributed by atoms with E-state index in [1.807, 2.05) is 0 Å². The molecule has 0 aromatic heterocycles. The molecule has 1 aliphatic heterocycles. The van der Waals surface area contributed by atoms with Gasteiger partial charge in [0.25, 0.3) is 0 Å². The van der Waals surface area contributed by atoms with E-state index in [4.69, 9.17) is 19.9 Å². The molecule has 10 nitrogen and oxygen atoms in total. The first-order valence-corrected chi connectivity index (χ1v) is 12.2. The van der Waals surface area contributed by atoms with Gasteiger partial charge in [0.2, 0.25) is 5.78 Å². The van der Waals surface area contributed by atoms with E-state index < -0.39 is 59.6 Å². The van der Waals surface area contributed by atoms with Crippen molar-refractivity contribution in [3.05, 3.63) is 51.6 Å². The molecule has 2 aliphatic carbocycles. The second-order valence-electron chi connectivity index (χ2n) is 9.91. The molecule has 2 aromatic carbocycles. The lowest BCUT2D eigenvalue weighted by Gasteiger charge is -2.40. The second kappa shape index (κ2) is 9.21. The minimum atomic E-state index is -0.949. The monoisotopic (exact) mass is 511 g/mol. The Morgan fingerprint density at radius 2 is 1.78 bits per heavy atom. The fourth-order valence-corrected chi connectivity index (χ4v) is 5.67. The Morgan fingerprint density at radius 1 is 1.08 bits per heavy atom. The van der Waals surface area contributed by atoms with E-state index in [-0.39, 0.29) is 64.2 Å². The van der Waals surface area contributed by atoms with Crippen LogP contribution in [0.25, 0.3) is 0 Å². The molecule has 0 spiro atoms. The first-order chi connectivity index (χ1) is 17.5.